The summed E-state index contributed by atoms with van der Waals surface area (Å²) in [7, 11) is 1.77. The smallest absolute Gasteiger partial charge is 0.101 e. The van der Waals surface area contributed by atoms with Gasteiger partial charge in [-0.05, 0) is 29.7 Å². The number of benzene rings is 1. The van der Waals surface area contributed by atoms with Gasteiger partial charge in [0, 0.05) is 12.0 Å². The lowest BCUT2D eigenvalue weighted by Gasteiger charge is -2.07. The van der Waals surface area contributed by atoms with Gasteiger partial charge in [0.1, 0.15) is 6.07 Å². The maximum Gasteiger partial charge on any atom is 0.101 e. The fourth-order valence-electron chi connectivity index (χ4n) is 1.90. The van der Waals surface area contributed by atoms with E-state index in [4.69, 9.17) is 0 Å². The first kappa shape index (κ1) is 12.7. The summed E-state index contributed by atoms with van der Waals surface area (Å²) < 4.78 is 0. The minimum atomic E-state index is 0.743. The molecule has 0 bridgehead atoms. The standard InChI is InChI=1S/C15H14N2S/c1-3-11-6-4-5-7-12(11)13(10-16)14-8-9-15(17-2)18-14/h4-9H,3H2,1-2H3/b14-13-,17-15?. The molecule has 0 unspecified atom stereocenters. The summed E-state index contributed by atoms with van der Waals surface area (Å²) in [6, 6.07) is 10.4. The van der Waals surface area contributed by atoms with Crippen molar-refractivity contribution >= 4 is 22.4 Å². The van der Waals surface area contributed by atoms with E-state index in [2.05, 4.69) is 24.1 Å². The molecule has 0 radical (unpaired) electrons. The highest BCUT2D eigenvalue weighted by atomic mass is 32.2. The molecule has 1 heterocycles. The summed E-state index contributed by atoms with van der Waals surface area (Å²) in [4.78, 5) is 5.13. The summed E-state index contributed by atoms with van der Waals surface area (Å²) in [6.07, 6.45) is 4.85. The number of allylic oxidation sites excluding steroid dienone is 2. The van der Waals surface area contributed by atoms with Crippen molar-refractivity contribution in [3.8, 4) is 6.07 Å². The van der Waals surface area contributed by atoms with E-state index < -0.39 is 0 Å². The largest absolute Gasteiger partial charge is 0.281 e. The second kappa shape index (κ2) is 5.70. The Balaban J connectivity index is 2.51. The van der Waals surface area contributed by atoms with Crippen molar-refractivity contribution in [1.29, 1.82) is 5.26 Å². The summed E-state index contributed by atoms with van der Waals surface area (Å²) in [5.74, 6) is 0. The molecular weight excluding hydrogens is 240 g/mol. The highest BCUT2D eigenvalue weighted by Crippen LogP contribution is 2.34. The van der Waals surface area contributed by atoms with Crippen LogP contribution in [0.5, 0.6) is 0 Å². The van der Waals surface area contributed by atoms with Gasteiger partial charge >= 0.3 is 0 Å². The third-order valence-corrected chi connectivity index (χ3v) is 3.93. The highest BCUT2D eigenvalue weighted by Gasteiger charge is 2.16. The molecule has 0 spiro atoms. The Morgan fingerprint density at radius 3 is 2.72 bits per heavy atom. The van der Waals surface area contributed by atoms with Crippen LogP contribution in [0, 0.1) is 11.3 Å². The SMILES string of the molecule is CCc1ccccc1/C(C#N)=C1/C=CC(=NC)S1. The molecule has 0 fully saturated rings. The third-order valence-electron chi connectivity index (χ3n) is 2.84. The Morgan fingerprint density at radius 2 is 2.11 bits per heavy atom. The number of nitriles is 1. The zero-order valence-electron chi connectivity index (χ0n) is 10.5. The summed E-state index contributed by atoms with van der Waals surface area (Å²) >= 11 is 1.55. The summed E-state index contributed by atoms with van der Waals surface area (Å²) in [5.41, 5.74) is 2.98. The number of nitrogens with zero attached hydrogens (tertiary/aromatic N) is 2. The molecule has 0 aromatic heterocycles. The molecule has 1 aliphatic heterocycles. The maximum absolute atomic E-state index is 9.42. The van der Waals surface area contributed by atoms with E-state index in [-0.39, 0.29) is 0 Å². The predicted molar refractivity (Wildman–Crippen MR) is 78.4 cm³/mol. The van der Waals surface area contributed by atoms with Crippen LogP contribution < -0.4 is 0 Å². The highest BCUT2D eigenvalue weighted by molar-refractivity contribution is 8.18. The molecule has 90 valence electrons. The van der Waals surface area contributed by atoms with Crippen LogP contribution in [0.4, 0.5) is 0 Å². The normalized spacial score (nSPS) is 19.1. The Kier molecular flexibility index (Phi) is 4.01. The van der Waals surface area contributed by atoms with Crippen LogP contribution in [0.3, 0.4) is 0 Å². The van der Waals surface area contributed by atoms with Gasteiger partial charge in [-0.25, -0.2) is 0 Å². The van der Waals surface area contributed by atoms with Crippen LogP contribution in [-0.4, -0.2) is 12.1 Å². The van der Waals surface area contributed by atoms with Gasteiger partial charge in [0.15, 0.2) is 0 Å². The average molecular weight is 254 g/mol. The van der Waals surface area contributed by atoms with Gasteiger partial charge in [0.05, 0.1) is 10.6 Å². The quantitative estimate of drug-likeness (QED) is 0.752. The van der Waals surface area contributed by atoms with E-state index in [9.17, 15) is 5.26 Å². The van der Waals surface area contributed by atoms with Crippen molar-refractivity contribution < 1.29 is 0 Å². The number of thioether (sulfide) groups is 1. The van der Waals surface area contributed by atoms with Crippen molar-refractivity contribution in [3.63, 3.8) is 0 Å². The zero-order valence-corrected chi connectivity index (χ0v) is 11.3. The van der Waals surface area contributed by atoms with Crippen molar-refractivity contribution in [3.05, 3.63) is 52.4 Å². The van der Waals surface area contributed by atoms with Crippen LogP contribution in [0.25, 0.3) is 5.57 Å². The molecule has 0 aliphatic carbocycles. The average Bonchev–Trinajstić information content (AvgIpc) is 2.89. The van der Waals surface area contributed by atoms with Crippen LogP contribution in [-0.2, 0) is 6.42 Å². The Morgan fingerprint density at radius 1 is 1.33 bits per heavy atom. The molecule has 1 aliphatic rings. The lowest BCUT2D eigenvalue weighted by Crippen LogP contribution is -1.92. The molecule has 2 nitrogen and oxygen atoms in total. The fourth-order valence-corrected chi connectivity index (χ4v) is 2.75. The number of hydrogen-bond donors (Lipinski definition) is 0. The van der Waals surface area contributed by atoms with Gasteiger partial charge in [-0.1, -0.05) is 43.0 Å². The third kappa shape index (κ3) is 2.39. The van der Waals surface area contributed by atoms with Gasteiger partial charge in [-0.15, -0.1) is 0 Å². The van der Waals surface area contributed by atoms with Crippen molar-refractivity contribution in [1.82, 2.24) is 0 Å². The Bertz CT molecular complexity index is 589. The predicted octanol–water partition coefficient (Wildman–Crippen LogP) is 3.81. The molecule has 2 rings (SSSR count). The van der Waals surface area contributed by atoms with Crippen LogP contribution in [0.2, 0.25) is 0 Å². The summed E-state index contributed by atoms with van der Waals surface area (Å²) in [5, 5.41) is 10.4. The van der Waals surface area contributed by atoms with E-state index in [1.807, 2.05) is 30.4 Å². The monoisotopic (exact) mass is 254 g/mol. The first-order valence-electron chi connectivity index (χ1n) is 5.85. The molecule has 18 heavy (non-hydrogen) atoms. The Hall–Kier alpha value is -1.79. The molecule has 3 heteroatoms. The van der Waals surface area contributed by atoms with Gasteiger partial charge in [0.2, 0.25) is 0 Å². The van der Waals surface area contributed by atoms with Crippen LogP contribution in [0.1, 0.15) is 18.1 Å². The van der Waals surface area contributed by atoms with E-state index in [1.54, 1.807) is 18.8 Å². The first-order chi connectivity index (χ1) is 8.80. The van der Waals surface area contributed by atoms with Gasteiger partial charge in [-0.3, -0.25) is 4.99 Å². The number of aliphatic imine (C=N–C) groups is 1. The first-order valence-corrected chi connectivity index (χ1v) is 6.67. The molecule has 0 amide bonds. The molecule has 1 aromatic carbocycles. The van der Waals surface area contributed by atoms with Crippen LogP contribution in [0.15, 0.2) is 46.3 Å². The number of aryl methyl sites for hydroxylation is 1. The second-order valence-corrected chi connectivity index (χ2v) is 4.92. The molecule has 1 aromatic rings. The zero-order chi connectivity index (χ0) is 13.0. The second-order valence-electron chi connectivity index (χ2n) is 3.86. The Labute approximate surface area is 112 Å². The fraction of sp³-hybridized carbons (Fsp3) is 0.200. The van der Waals surface area contributed by atoms with Gasteiger partial charge in [-0.2, -0.15) is 5.26 Å². The minimum Gasteiger partial charge on any atom is -0.281 e. The lowest BCUT2D eigenvalue weighted by atomic mass is 9.98. The summed E-state index contributed by atoms with van der Waals surface area (Å²) in [6.45, 7) is 2.11. The topological polar surface area (TPSA) is 36.1 Å². The van der Waals surface area contributed by atoms with Gasteiger partial charge < -0.3 is 0 Å². The van der Waals surface area contributed by atoms with Crippen molar-refractivity contribution in [2.45, 2.75) is 13.3 Å². The van der Waals surface area contributed by atoms with Crippen molar-refractivity contribution in [2.75, 3.05) is 7.05 Å². The number of rotatable bonds is 2. The van der Waals surface area contributed by atoms with E-state index in [0.29, 0.717) is 0 Å². The molecule has 0 atom stereocenters. The number of hydrogen-bond acceptors (Lipinski definition) is 3. The van der Waals surface area contributed by atoms with E-state index >= 15 is 0 Å². The molecule has 0 saturated carbocycles. The lowest BCUT2D eigenvalue weighted by molar-refractivity contribution is 1.13. The van der Waals surface area contributed by atoms with E-state index in [1.165, 1.54) is 5.56 Å². The molecular formula is C15H14N2S. The van der Waals surface area contributed by atoms with Gasteiger partial charge in [0.25, 0.3) is 0 Å². The van der Waals surface area contributed by atoms with Crippen LogP contribution >= 0.6 is 11.8 Å². The van der Waals surface area contributed by atoms with Crippen molar-refractivity contribution in [2.24, 2.45) is 4.99 Å². The molecule has 0 N–H and O–H groups in total. The minimum absolute atomic E-state index is 0.743. The maximum atomic E-state index is 9.42. The molecule has 0 saturated heterocycles. The van der Waals surface area contributed by atoms with E-state index in [0.717, 1.165) is 27.5 Å².